The number of nitrogens with two attached hydrogens (primary N) is 1. The molecule has 12 heavy (non-hydrogen) atoms. The molecule has 1 heterocycles. The van der Waals surface area contributed by atoms with Crippen molar-refractivity contribution in [1.29, 1.82) is 0 Å². The van der Waals surface area contributed by atoms with Gasteiger partial charge in [-0.05, 0) is 26.0 Å². The summed E-state index contributed by atoms with van der Waals surface area (Å²) in [7, 11) is 0. The third kappa shape index (κ3) is 2.39. The molecule has 0 bridgehead atoms. The lowest BCUT2D eigenvalue weighted by molar-refractivity contribution is 0.889. The number of rotatable bonds is 3. The van der Waals surface area contributed by atoms with Crippen molar-refractivity contribution in [2.45, 2.75) is 19.9 Å². The Morgan fingerprint density at radius 3 is 2.58 bits per heavy atom. The van der Waals surface area contributed by atoms with Crippen LogP contribution in [0.1, 0.15) is 13.8 Å². The molecule has 4 heteroatoms. The van der Waals surface area contributed by atoms with E-state index in [0.29, 0.717) is 11.9 Å². The van der Waals surface area contributed by atoms with Gasteiger partial charge in [0.1, 0.15) is 11.6 Å². The third-order valence-corrected chi connectivity index (χ3v) is 1.33. The van der Waals surface area contributed by atoms with Crippen LogP contribution in [-0.2, 0) is 0 Å². The van der Waals surface area contributed by atoms with Gasteiger partial charge in [0.05, 0.1) is 0 Å². The fraction of sp³-hybridized carbons (Fsp3) is 0.375. The number of nitrogen functional groups attached to an aromatic ring is 1. The number of pyridine rings is 1. The molecule has 0 aliphatic rings. The Labute approximate surface area is 72.2 Å². The van der Waals surface area contributed by atoms with Crippen LogP contribution in [0.15, 0.2) is 18.2 Å². The molecule has 1 aromatic rings. The van der Waals surface area contributed by atoms with Crippen molar-refractivity contribution in [2.24, 2.45) is 5.84 Å². The van der Waals surface area contributed by atoms with Crippen LogP contribution in [-0.4, -0.2) is 11.0 Å². The van der Waals surface area contributed by atoms with E-state index < -0.39 is 0 Å². The van der Waals surface area contributed by atoms with E-state index >= 15 is 0 Å². The summed E-state index contributed by atoms with van der Waals surface area (Å²) in [5.74, 6) is 6.71. The summed E-state index contributed by atoms with van der Waals surface area (Å²) in [6.45, 7) is 4.12. The van der Waals surface area contributed by atoms with Crippen LogP contribution in [0.5, 0.6) is 0 Å². The van der Waals surface area contributed by atoms with Crippen LogP contribution in [0.3, 0.4) is 0 Å². The second-order valence-corrected chi connectivity index (χ2v) is 2.85. The molecule has 0 aliphatic heterocycles. The lowest BCUT2D eigenvalue weighted by Gasteiger charge is -2.09. The molecule has 0 saturated carbocycles. The summed E-state index contributed by atoms with van der Waals surface area (Å²) >= 11 is 0. The van der Waals surface area contributed by atoms with Gasteiger partial charge >= 0.3 is 0 Å². The highest BCUT2D eigenvalue weighted by atomic mass is 15.3. The summed E-state index contributed by atoms with van der Waals surface area (Å²) in [6.07, 6.45) is 0. The molecule has 0 fully saturated rings. The van der Waals surface area contributed by atoms with E-state index in [4.69, 9.17) is 5.84 Å². The maximum Gasteiger partial charge on any atom is 0.142 e. The first kappa shape index (κ1) is 8.80. The second kappa shape index (κ2) is 3.92. The Balaban J connectivity index is 2.72. The first-order valence-corrected chi connectivity index (χ1v) is 3.92. The topological polar surface area (TPSA) is 63.0 Å². The average Bonchev–Trinajstić information content (AvgIpc) is 2.03. The Hall–Kier alpha value is -1.29. The summed E-state index contributed by atoms with van der Waals surface area (Å²) in [5.41, 5.74) is 2.49. The number of aromatic nitrogens is 1. The molecule has 0 atom stereocenters. The Morgan fingerprint density at radius 2 is 2.00 bits per heavy atom. The van der Waals surface area contributed by atoms with Crippen LogP contribution in [0.25, 0.3) is 0 Å². The standard InChI is InChI=1S/C8H14N4/c1-6(2)10-7-4-3-5-8(11-7)12-9/h3-6H,9H2,1-2H3,(H2,10,11,12). The highest BCUT2D eigenvalue weighted by Crippen LogP contribution is 2.08. The molecule has 66 valence electrons. The normalized spacial score (nSPS) is 10.0. The molecule has 1 rings (SSSR count). The second-order valence-electron chi connectivity index (χ2n) is 2.85. The molecule has 0 spiro atoms. The van der Waals surface area contributed by atoms with Crippen molar-refractivity contribution in [3.8, 4) is 0 Å². The van der Waals surface area contributed by atoms with Gasteiger partial charge in [-0.1, -0.05) is 6.07 Å². The summed E-state index contributed by atoms with van der Waals surface area (Å²) < 4.78 is 0. The maximum absolute atomic E-state index is 5.21. The lowest BCUT2D eigenvalue weighted by atomic mass is 10.3. The van der Waals surface area contributed by atoms with Gasteiger partial charge in [-0.2, -0.15) is 0 Å². The van der Waals surface area contributed by atoms with Gasteiger partial charge in [0, 0.05) is 6.04 Å². The van der Waals surface area contributed by atoms with Crippen molar-refractivity contribution in [3.05, 3.63) is 18.2 Å². The van der Waals surface area contributed by atoms with Crippen molar-refractivity contribution in [2.75, 3.05) is 10.7 Å². The highest BCUT2D eigenvalue weighted by Gasteiger charge is 1.96. The third-order valence-electron chi connectivity index (χ3n) is 1.33. The number of nitrogens with zero attached hydrogens (tertiary/aromatic N) is 1. The van der Waals surface area contributed by atoms with Gasteiger partial charge < -0.3 is 10.7 Å². The number of hydrogen-bond acceptors (Lipinski definition) is 4. The molecule has 0 saturated heterocycles. The predicted molar refractivity (Wildman–Crippen MR) is 50.8 cm³/mol. The zero-order chi connectivity index (χ0) is 8.97. The maximum atomic E-state index is 5.21. The summed E-state index contributed by atoms with van der Waals surface area (Å²) in [6, 6.07) is 5.99. The Bertz CT molecular complexity index is 247. The van der Waals surface area contributed by atoms with Crippen LogP contribution >= 0.6 is 0 Å². The van der Waals surface area contributed by atoms with Crippen molar-refractivity contribution >= 4 is 11.6 Å². The van der Waals surface area contributed by atoms with E-state index in [1.807, 2.05) is 18.2 Å². The number of hydrazine groups is 1. The fourth-order valence-electron chi connectivity index (χ4n) is 0.891. The molecule has 0 aromatic carbocycles. The quantitative estimate of drug-likeness (QED) is 0.466. The van der Waals surface area contributed by atoms with E-state index in [1.54, 1.807) is 0 Å². The molecule has 4 nitrogen and oxygen atoms in total. The molecule has 0 radical (unpaired) electrons. The Morgan fingerprint density at radius 1 is 1.33 bits per heavy atom. The smallest absolute Gasteiger partial charge is 0.142 e. The van der Waals surface area contributed by atoms with E-state index in [2.05, 4.69) is 29.6 Å². The van der Waals surface area contributed by atoms with Gasteiger partial charge in [0.2, 0.25) is 0 Å². The minimum atomic E-state index is 0.380. The van der Waals surface area contributed by atoms with Gasteiger partial charge in [-0.3, -0.25) is 0 Å². The molecule has 1 aromatic heterocycles. The highest BCUT2D eigenvalue weighted by molar-refractivity contribution is 5.44. The molecule has 0 amide bonds. The SMILES string of the molecule is CC(C)Nc1cccc(NN)n1. The first-order valence-electron chi connectivity index (χ1n) is 3.92. The predicted octanol–water partition coefficient (Wildman–Crippen LogP) is 1.19. The van der Waals surface area contributed by atoms with Crippen molar-refractivity contribution in [1.82, 2.24) is 4.98 Å². The van der Waals surface area contributed by atoms with Crippen LogP contribution in [0.2, 0.25) is 0 Å². The van der Waals surface area contributed by atoms with Crippen molar-refractivity contribution < 1.29 is 0 Å². The minimum absolute atomic E-state index is 0.380. The fourth-order valence-corrected chi connectivity index (χ4v) is 0.891. The van der Waals surface area contributed by atoms with Gasteiger partial charge in [-0.15, -0.1) is 0 Å². The molecular formula is C8H14N4. The zero-order valence-corrected chi connectivity index (χ0v) is 7.33. The number of nitrogens with one attached hydrogen (secondary N) is 2. The van der Waals surface area contributed by atoms with Crippen LogP contribution in [0.4, 0.5) is 11.6 Å². The van der Waals surface area contributed by atoms with E-state index in [0.717, 1.165) is 5.82 Å². The molecule has 0 aliphatic carbocycles. The van der Waals surface area contributed by atoms with Gasteiger partial charge in [-0.25, -0.2) is 10.8 Å². The van der Waals surface area contributed by atoms with Gasteiger partial charge in [0.25, 0.3) is 0 Å². The monoisotopic (exact) mass is 166 g/mol. The minimum Gasteiger partial charge on any atom is -0.368 e. The Kier molecular flexibility index (Phi) is 2.88. The van der Waals surface area contributed by atoms with E-state index in [-0.39, 0.29) is 0 Å². The van der Waals surface area contributed by atoms with Gasteiger partial charge in [0.15, 0.2) is 0 Å². The van der Waals surface area contributed by atoms with E-state index in [1.165, 1.54) is 0 Å². The van der Waals surface area contributed by atoms with E-state index in [9.17, 15) is 0 Å². The largest absolute Gasteiger partial charge is 0.368 e. The number of anilines is 2. The number of hydrogen-bond donors (Lipinski definition) is 3. The van der Waals surface area contributed by atoms with Crippen LogP contribution < -0.4 is 16.6 Å². The molecular weight excluding hydrogens is 152 g/mol. The average molecular weight is 166 g/mol. The molecule has 0 unspecified atom stereocenters. The first-order chi connectivity index (χ1) is 5.72. The lowest BCUT2D eigenvalue weighted by Crippen LogP contribution is -2.13. The summed E-state index contributed by atoms with van der Waals surface area (Å²) in [4.78, 5) is 4.18. The van der Waals surface area contributed by atoms with Crippen molar-refractivity contribution in [3.63, 3.8) is 0 Å². The van der Waals surface area contributed by atoms with Crippen LogP contribution in [0, 0.1) is 0 Å². The summed E-state index contributed by atoms with van der Waals surface area (Å²) in [5, 5.41) is 3.17. The zero-order valence-electron chi connectivity index (χ0n) is 7.33. The molecule has 4 N–H and O–H groups in total.